The standard InChI is InChI=1S/C23H24N4O3/c1-28-17-6-4-15(5-7-17)20-14-27(9-8-25-20)23-19-11-22(30-3)21(29-2)10-18(19)16(12-24)13-26-23/h4-7,10-11,13,20,25H,8-9,14H2,1-3H3/t20-/m0/s1. The second-order valence-electron chi connectivity index (χ2n) is 7.09. The van der Waals surface area contributed by atoms with Crippen LogP contribution in [0.2, 0.25) is 0 Å². The summed E-state index contributed by atoms with van der Waals surface area (Å²) >= 11 is 0. The fourth-order valence-corrected chi connectivity index (χ4v) is 3.89. The Balaban J connectivity index is 1.73. The summed E-state index contributed by atoms with van der Waals surface area (Å²) in [4.78, 5) is 6.90. The summed E-state index contributed by atoms with van der Waals surface area (Å²) in [6, 6.07) is 14.3. The number of hydrogen-bond acceptors (Lipinski definition) is 7. The molecule has 1 atom stereocenters. The number of hydrogen-bond donors (Lipinski definition) is 1. The van der Waals surface area contributed by atoms with Crippen molar-refractivity contribution in [3.05, 3.63) is 53.7 Å². The number of methoxy groups -OCH3 is 3. The lowest BCUT2D eigenvalue weighted by molar-refractivity contribution is 0.356. The minimum absolute atomic E-state index is 0.164. The average Bonchev–Trinajstić information content (AvgIpc) is 2.82. The molecule has 154 valence electrons. The Kier molecular flexibility index (Phi) is 5.59. The molecule has 1 aliphatic rings. The van der Waals surface area contributed by atoms with Gasteiger partial charge in [-0.25, -0.2) is 4.98 Å². The highest BCUT2D eigenvalue weighted by molar-refractivity contribution is 5.98. The third-order valence-corrected chi connectivity index (χ3v) is 5.48. The molecule has 1 saturated heterocycles. The van der Waals surface area contributed by atoms with Crippen LogP contribution in [0.15, 0.2) is 42.6 Å². The van der Waals surface area contributed by atoms with Crippen LogP contribution in [-0.2, 0) is 0 Å². The van der Waals surface area contributed by atoms with E-state index in [0.29, 0.717) is 17.1 Å². The Morgan fingerprint density at radius 2 is 1.73 bits per heavy atom. The van der Waals surface area contributed by atoms with Gasteiger partial charge < -0.3 is 24.4 Å². The Morgan fingerprint density at radius 1 is 1.03 bits per heavy atom. The van der Waals surface area contributed by atoms with Gasteiger partial charge in [-0.3, -0.25) is 0 Å². The van der Waals surface area contributed by atoms with Crippen molar-refractivity contribution in [2.24, 2.45) is 0 Å². The van der Waals surface area contributed by atoms with Crippen molar-refractivity contribution in [3.8, 4) is 23.3 Å². The molecule has 3 aromatic rings. The average molecular weight is 404 g/mol. The third kappa shape index (κ3) is 3.58. The molecule has 0 saturated carbocycles. The quantitative estimate of drug-likeness (QED) is 0.699. The minimum Gasteiger partial charge on any atom is -0.497 e. The Morgan fingerprint density at radius 3 is 2.37 bits per heavy atom. The van der Waals surface area contributed by atoms with Gasteiger partial charge in [0, 0.05) is 42.6 Å². The largest absolute Gasteiger partial charge is 0.497 e. The summed E-state index contributed by atoms with van der Waals surface area (Å²) in [6.07, 6.45) is 1.63. The number of benzene rings is 2. The van der Waals surface area contributed by atoms with E-state index in [1.807, 2.05) is 24.3 Å². The second kappa shape index (κ2) is 8.47. The molecular formula is C23H24N4O3. The molecule has 0 unspecified atom stereocenters. The Labute approximate surface area is 175 Å². The number of nitrogens with one attached hydrogen (secondary N) is 1. The van der Waals surface area contributed by atoms with Gasteiger partial charge in [-0.1, -0.05) is 12.1 Å². The van der Waals surface area contributed by atoms with Crippen LogP contribution in [0.5, 0.6) is 17.2 Å². The number of fused-ring (bicyclic) bond motifs is 1. The Hall–Kier alpha value is -3.50. The maximum atomic E-state index is 9.56. The van der Waals surface area contributed by atoms with Gasteiger partial charge in [-0.2, -0.15) is 5.26 Å². The molecule has 0 spiro atoms. The van der Waals surface area contributed by atoms with Gasteiger partial charge in [0.1, 0.15) is 17.6 Å². The van der Waals surface area contributed by atoms with E-state index in [-0.39, 0.29) is 6.04 Å². The van der Waals surface area contributed by atoms with Crippen LogP contribution in [0, 0.1) is 11.3 Å². The topological polar surface area (TPSA) is 79.6 Å². The van der Waals surface area contributed by atoms with Crippen LogP contribution in [0.25, 0.3) is 10.8 Å². The zero-order chi connectivity index (χ0) is 21.1. The maximum Gasteiger partial charge on any atom is 0.161 e. The predicted molar refractivity (Wildman–Crippen MR) is 116 cm³/mol. The third-order valence-electron chi connectivity index (χ3n) is 5.48. The molecule has 7 nitrogen and oxygen atoms in total. The minimum atomic E-state index is 0.164. The number of nitriles is 1. The van der Waals surface area contributed by atoms with Crippen LogP contribution in [-0.4, -0.2) is 45.9 Å². The van der Waals surface area contributed by atoms with Crippen molar-refractivity contribution in [1.29, 1.82) is 5.26 Å². The van der Waals surface area contributed by atoms with Crippen molar-refractivity contribution in [3.63, 3.8) is 0 Å². The molecule has 30 heavy (non-hydrogen) atoms. The SMILES string of the molecule is COc1ccc([C@@H]2CN(c3ncc(C#N)c4cc(OC)c(OC)cc34)CCN2)cc1. The molecule has 1 fully saturated rings. The number of rotatable bonds is 5. The van der Waals surface area contributed by atoms with Crippen molar-refractivity contribution in [1.82, 2.24) is 10.3 Å². The molecular weight excluding hydrogens is 380 g/mol. The summed E-state index contributed by atoms with van der Waals surface area (Å²) in [5, 5.41) is 14.8. The normalized spacial score (nSPS) is 16.2. The van der Waals surface area contributed by atoms with E-state index in [4.69, 9.17) is 14.2 Å². The zero-order valence-corrected chi connectivity index (χ0v) is 17.3. The predicted octanol–water partition coefficient (Wildman–Crippen LogP) is 3.28. The highest BCUT2D eigenvalue weighted by Gasteiger charge is 2.24. The van der Waals surface area contributed by atoms with Gasteiger partial charge in [0.25, 0.3) is 0 Å². The fourth-order valence-electron chi connectivity index (χ4n) is 3.89. The lowest BCUT2D eigenvalue weighted by atomic mass is 10.0. The number of anilines is 1. The highest BCUT2D eigenvalue weighted by Crippen LogP contribution is 2.38. The van der Waals surface area contributed by atoms with Crippen LogP contribution in [0.4, 0.5) is 5.82 Å². The van der Waals surface area contributed by atoms with Crippen LogP contribution < -0.4 is 24.4 Å². The number of pyridine rings is 1. The molecule has 0 amide bonds. The summed E-state index contributed by atoms with van der Waals surface area (Å²) in [6.45, 7) is 2.40. The summed E-state index contributed by atoms with van der Waals surface area (Å²) in [5.41, 5.74) is 1.70. The van der Waals surface area contributed by atoms with Crippen LogP contribution in [0.1, 0.15) is 17.2 Å². The van der Waals surface area contributed by atoms with Crippen LogP contribution >= 0.6 is 0 Å². The molecule has 7 heteroatoms. The van der Waals surface area contributed by atoms with Crippen LogP contribution in [0.3, 0.4) is 0 Å². The lowest BCUT2D eigenvalue weighted by Gasteiger charge is -2.35. The van der Waals surface area contributed by atoms with E-state index in [1.165, 1.54) is 5.56 Å². The summed E-state index contributed by atoms with van der Waals surface area (Å²) in [7, 11) is 4.86. The van der Waals surface area contributed by atoms with E-state index in [9.17, 15) is 5.26 Å². The molecule has 0 aliphatic carbocycles. The van der Waals surface area contributed by atoms with E-state index in [0.717, 1.165) is 42.0 Å². The van der Waals surface area contributed by atoms with Crippen molar-refractivity contribution >= 4 is 16.6 Å². The first-order chi connectivity index (χ1) is 14.7. The smallest absolute Gasteiger partial charge is 0.161 e. The molecule has 4 rings (SSSR count). The Bertz CT molecular complexity index is 1090. The van der Waals surface area contributed by atoms with Crippen molar-refractivity contribution in [2.45, 2.75) is 6.04 Å². The monoisotopic (exact) mass is 404 g/mol. The first-order valence-corrected chi connectivity index (χ1v) is 9.75. The first-order valence-electron chi connectivity index (χ1n) is 9.75. The van der Waals surface area contributed by atoms with E-state index in [2.05, 4.69) is 33.4 Å². The van der Waals surface area contributed by atoms with Gasteiger partial charge >= 0.3 is 0 Å². The summed E-state index contributed by atoms with van der Waals surface area (Å²) < 4.78 is 16.2. The number of nitrogens with zero attached hydrogens (tertiary/aromatic N) is 3. The van der Waals surface area contributed by atoms with Gasteiger partial charge in [0.15, 0.2) is 11.5 Å². The first kappa shape index (κ1) is 19.8. The molecule has 0 radical (unpaired) electrons. The van der Waals surface area contributed by atoms with Gasteiger partial charge in [0.05, 0.1) is 26.9 Å². The lowest BCUT2D eigenvalue weighted by Crippen LogP contribution is -2.46. The van der Waals surface area contributed by atoms with Crippen molar-refractivity contribution < 1.29 is 14.2 Å². The second-order valence-corrected chi connectivity index (χ2v) is 7.09. The molecule has 0 bridgehead atoms. The molecule has 1 aromatic heterocycles. The molecule has 1 aliphatic heterocycles. The highest BCUT2D eigenvalue weighted by atomic mass is 16.5. The van der Waals surface area contributed by atoms with E-state index >= 15 is 0 Å². The number of ether oxygens (including phenoxy) is 3. The number of aromatic nitrogens is 1. The molecule has 2 heterocycles. The summed E-state index contributed by atoms with van der Waals surface area (Å²) in [5.74, 6) is 2.89. The van der Waals surface area contributed by atoms with E-state index < -0.39 is 0 Å². The molecule has 1 N–H and O–H groups in total. The molecule has 2 aromatic carbocycles. The van der Waals surface area contributed by atoms with E-state index in [1.54, 1.807) is 27.5 Å². The maximum absolute atomic E-state index is 9.56. The van der Waals surface area contributed by atoms with Gasteiger partial charge in [-0.15, -0.1) is 0 Å². The van der Waals surface area contributed by atoms with Gasteiger partial charge in [0.2, 0.25) is 0 Å². The fraction of sp³-hybridized carbons (Fsp3) is 0.304. The number of piperazine rings is 1. The zero-order valence-electron chi connectivity index (χ0n) is 17.3. The van der Waals surface area contributed by atoms with Gasteiger partial charge in [-0.05, 0) is 29.8 Å². The van der Waals surface area contributed by atoms with Crippen molar-refractivity contribution in [2.75, 3.05) is 45.9 Å².